The Kier molecular flexibility index (Phi) is 11.5. The van der Waals surface area contributed by atoms with Crippen LogP contribution in [0, 0.1) is 24.1 Å². The number of hydrogen-bond donors (Lipinski definition) is 2. The van der Waals surface area contributed by atoms with Crippen LogP contribution in [0.25, 0.3) is 10.9 Å². The van der Waals surface area contributed by atoms with Gasteiger partial charge in [0, 0.05) is 29.9 Å². The molecule has 3 amide bonds. The van der Waals surface area contributed by atoms with Crippen molar-refractivity contribution in [1.29, 1.82) is 0 Å². The van der Waals surface area contributed by atoms with E-state index in [-0.39, 0.29) is 43.7 Å². The number of ketones is 1. The molecule has 13 nitrogen and oxygen atoms in total. The average Bonchev–Trinajstić information content (AvgIpc) is 3.97. The molecule has 1 aromatic heterocycles. The Morgan fingerprint density at radius 3 is 2.52 bits per heavy atom. The topological polar surface area (TPSA) is 170 Å². The van der Waals surface area contributed by atoms with Gasteiger partial charge < -0.3 is 24.4 Å². The number of pyridine rings is 1. The molecule has 0 spiro atoms. The number of amides is 3. The third-order valence-electron chi connectivity index (χ3n) is 11.3. The highest BCUT2D eigenvalue weighted by Gasteiger charge is 2.62. The Morgan fingerprint density at radius 1 is 1.11 bits per heavy atom. The molecule has 4 aliphatic rings. The molecular formula is C41H55FN4O9S. The number of carbonyl (C=O) groups excluding carboxylic acids is 4. The molecule has 1 saturated heterocycles. The predicted octanol–water partition coefficient (Wildman–Crippen LogP) is 6.20. The smallest absolute Gasteiger partial charge is 0.408 e. The number of alkyl carbamates (subject to hydrolysis) is 1. The van der Waals surface area contributed by atoms with E-state index < -0.39 is 73.5 Å². The van der Waals surface area contributed by atoms with E-state index in [9.17, 15) is 32.0 Å². The molecule has 306 valence electrons. The van der Waals surface area contributed by atoms with E-state index in [1.165, 1.54) is 11.0 Å². The summed E-state index contributed by atoms with van der Waals surface area (Å²) in [6.07, 6.45) is 6.18. The number of fused-ring (bicyclic) bond motifs is 3. The minimum atomic E-state index is -3.98. The zero-order chi connectivity index (χ0) is 40.8. The van der Waals surface area contributed by atoms with Gasteiger partial charge in [0.05, 0.1) is 34.4 Å². The molecule has 0 bridgehead atoms. The SMILES string of the molecule is Cc1c(F)ccc2c(O[C@@H]3C[C@H]4C(=O)C[C@]5(C(=O)NS(=O)(=O)C6(C)CC6)C[C@@H]5/C=C\CCCCC[C@H](NC(=O)OC(C)(C)C)C(=O)N4C3)cc(OC(C)C)nc12. The van der Waals surface area contributed by atoms with Gasteiger partial charge in [0.25, 0.3) is 0 Å². The van der Waals surface area contributed by atoms with Crippen LogP contribution in [-0.2, 0) is 29.1 Å². The first-order valence-electron chi connectivity index (χ1n) is 19.7. The fourth-order valence-electron chi connectivity index (χ4n) is 7.67. The van der Waals surface area contributed by atoms with E-state index in [2.05, 4.69) is 15.0 Å². The predicted molar refractivity (Wildman–Crippen MR) is 207 cm³/mol. The molecule has 3 fully saturated rings. The van der Waals surface area contributed by atoms with Gasteiger partial charge in [-0.15, -0.1) is 0 Å². The number of allylic oxidation sites excluding steroid dienone is 2. The molecule has 0 radical (unpaired) electrons. The lowest BCUT2D eigenvalue weighted by molar-refractivity contribution is -0.140. The van der Waals surface area contributed by atoms with E-state index in [1.807, 2.05) is 26.0 Å². The Bertz CT molecular complexity index is 2030. The zero-order valence-corrected chi connectivity index (χ0v) is 34.2. The summed E-state index contributed by atoms with van der Waals surface area (Å²) in [7, 11) is -3.98. The van der Waals surface area contributed by atoms with E-state index in [4.69, 9.17) is 14.2 Å². The standard InChI is InChI=1S/C41H55FN4O9S/c1-24(2)53-34-20-33(28-15-16-29(42)25(3)35(28)44-34)54-27-19-31-32(47)22-41(37(49)45-56(51,52)40(7)17-18-40)21-26(41)13-11-9-8-10-12-14-30(36(48)46(31)23-27)43-38(50)55-39(4,5)6/h11,13,15-16,20,24,26-27,30-31H,8-10,12,14,17-19,21-23H2,1-7H3,(H,43,50)(H,45,49)/b13-11-/t26-,27+,30-,31-,41+/m0/s1. The molecular weight excluding hydrogens is 744 g/mol. The zero-order valence-electron chi connectivity index (χ0n) is 33.4. The lowest BCUT2D eigenvalue weighted by Gasteiger charge is -2.30. The fourth-order valence-corrected chi connectivity index (χ4v) is 9.00. The number of halogens is 1. The number of aryl methyl sites for hydroxylation is 1. The number of aromatic nitrogens is 1. The van der Waals surface area contributed by atoms with Gasteiger partial charge >= 0.3 is 6.09 Å². The van der Waals surface area contributed by atoms with Crippen LogP contribution in [0.1, 0.15) is 111 Å². The van der Waals surface area contributed by atoms with Gasteiger partial charge in [0.1, 0.15) is 29.3 Å². The van der Waals surface area contributed by atoms with Crippen LogP contribution < -0.4 is 19.5 Å². The van der Waals surface area contributed by atoms with Crippen LogP contribution >= 0.6 is 0 Å². The minimum Gasteiger partial charge on any atom is -0.488 e. The summed E-state index contributed by atoms with van der Waals surface area (Å²) in [4.78, 5) is 62.1. The molecule has 2 N–H and O–H groups in total. The van der Waals surface area contributed by atoms with Crippen molar-refractivity contribution in [2.24, 2.45) is 11.3 Å². The summed E-state index contributed by atoms with van der Waals surface area (Å²) < 4.78 is 60.4. The Balaban J connectivity index is 1.35. The van der Waals surface area contributed by atoms with E-state index in [0.717, 1.165) is 12.8 Å². The quantitative estimate of drug-likeness (QED) is 0.294. The highest BCUT2D eigenvalue weighted by Crippen LogP contribution is 2.57. The second kappa shape index (κ2) is 15.6. The number of benzene rings is 1. The summed E-state index contributed by atoms with van der Waals surface area (Å²) in [6.45, 7) is 12.0. The maximum atomic E-state index is 14.7. The number of rotatable bonds is 8. The van der Waals surface area contributed by atoms with Crippen molar-refractivity contribution >= 4 is 44.6 Å². The third kappa shape index (κ3) is 8.97. The van der Waals surface area contributed by atoms with Gasteiger partial charge in [-0.05, 0) is 105 Å². The normalized spacial score (nSPS) is 27.3. The Hall–Kier alpha value is -4.27. The van der Waals surface area contributed by atoms with E-state index in [0.29, 0.717) is 54.3 Å². The lowest BCUT2D eigenvalue weighted by atomic mass is 9.91. The number of sulfonamides is 1. The summed E-state index contributed by atoms with van der Waals surface area (Å²) in [5.41, 5.74) is -1.48. The molecule has 5 atom stereocenters. The van der Waals surface area contributed by atoms with E-state index in [1.54, 1.807) is 46.8 Å². The third-order valence-corrected chi connectivity index (χ3v) is 13.5. The fraction of sp³-hybridized carbons (Fsp3) is 0.634. The van der Waals surface area contributed by atoms with Crippen molar-refractivity contribution in [2.45, 2.75) is 147 Å². The summed E-state index contributed by atoms with van der Waals surface area (Å²) in [5.74, 6) is -1.89. The average molecular weight is 799 g/mol. The van der Waals surface area contributed by atoms with Gasteiger partial charge in [-0.3, -0.25) is 19.1 Å². The van der Waals surface area contributed by atoms with Gasteiger partial charge in [0.15, 0.2) is 5.78 Å². The van der Waals surface area contributed by atoms with Crippen molar-refractivity contribution in [2.75, 3.05) is 6.54 Å². The van der Waals surface area contributed by atoms with Crippen molar-refractivity contribution in [3.05, 3.63) is 41.7 Å². The maximum absolute atomic E-state index is 14.7. The van der Waals surface area contributed by atoms with Crippen molar-refractivity contribution in [3.8, 4) is 11.6 Å². The summed E-state index contributed by atoms with van der Waals surface area (Å²) in [6, 6.07) is 2.40. The Labute approximate surface area is 328 Å². The Morgan fingerprint density at radius 2 is 1.84 bits per heavy atom. The monoisotopic (exact) mass is 798 g/mol. The van der Waals surface area contributed by atoms with Crippen LogP contribution in [0.15, 0.2) is 30.4 Å². The second-order valence-electron chi connectivity index (χ2n) is 17.4. The van der Waals surface area contributed by atoms with Crippen molar-refractivity contribution in [1.82, 2.24) is 19.9 Å². The van der Waals surface area contributed by atoms with E-state index >= 15 is 0 Å². The number of nitrogens with zero attached hydrogens (tertiary/aromatic N) is 2. The first kappa shape index (κ1) is 41.4. The molecule has 15 heteroatoms. The van der Waals surface area contributed by atoms with Gasteiger partial charge in [0.2, 0.25) is 27.7 Å². The lowest BCUT2D eigenvalue weighted by Crippen LogP contribution is -2.53. The largest absolute Gasteiger partial charge is 0.488 e. The molecule has 2 aliphatic carbocycles. The first-order valence-corrected chi connectivity index (χ1v) is 21.2. The molecule has 56 heavy (non-hydrogen) atoms. The highest BCUT2D eigenvalue weighted by molar-refractivity contribution is 7.91. The highest BCUT2D eigenvalue weighted by atomic mass is 32.2. The van der Waals surface area contributed by atoms with Crippen LogP contribution in [0.4, 0.5) is 9.18 Å². The molecule has 2 aromatic rings. The summed E-state index contributed by atoms with van der Waals surface area (Å²) >= 11 is 0. The maximum Gasteiger partial charge on any atom is 0.408 e. The number of hydrogen-bond acceptors (Lipinski definition) is 10. The number of carbonyl (C=O) groups is 4. The molecule has 1 aromatic carbocycles. The summed E-state index contributed by atoms with van der Waals surface area (Å²) in [5, 5.41) is 3.26. The number of ether oxygens (including phenoxy) is 3. The molecule has 3 heterocycles. The van der Waals surface area contributed by atoms with Crippen LogP contribution in [0.5, 0.6) is 11.6 Å². The molecule has 6 rings (SSSR count). The van der Waals surface area contributed by atoms with Crippen molar-refractivity contribution < 1.29 is 46.2 Å². The van der Waals surface area contributed by atoms with Crippen LogP contribution in [0.2, 0.25) is 0 Å². The number of nitrogens with one attached hydrogen (secondary N) is 2. The molecule has 2 aliphatic heterocycles. The second-order valence-corrected chi connectivity index (χ2v) is 19.6. The van der Waals surface area contributed by atoms with Crippen molar-refractivity contribution in [3.63, 3.8) is 0 Å². The minimum absolute atomic E-state index is 0.0403. The molecule has 2 saturated carbocycles. The van der Waals surface area contributed by atoms with Crippen LogP contribution in [-0.4, -0.2) is 83.2 Å². The number of Topliss-reactive ketones (excluding diaryl/α,β-unsaturated/α-hetero) is 1. The van der Waals surface area contributed by atoms with Crippen LogP contribution in [0.3, 0.4) is 0 Å². The van der Waals surface area contributed by atoms with Gasteiger partial charge in [-0.2, -0.15) is 0 Å². The first-order chi connectivity index (χ1) is 26.2. The molecule has 0 unspecified atom stereocenters. The van der Waals surface area contributed by atoms with Gasteiger partial charge in [-0.1, -0.05) is 25.0 Å². The van der Waals surface area contributed by atoms with Gasteiger partial charge in [-0.25, -0.2) is 22.6 Å².